The van der Waals surface area contributed by atoms with Crippen molar-refractivity contribution in [2.45, 2.75) is 4.90 Å². The molecule has 5 heteroatoms. The number of hydrogen-bond donors (Lipinski definition) is 2. The molecule has 0 bridgehead atoms. The van der Waals surface area contributed by atoms with E-state index in [9.17, 15) is 14.3 Å². The summed E-state index contributed by atoms with van der Waals surface area (Å²) in [7, 11) is 0. The number of carbonyl (C=O) groups is 1. The van der Waals surface area contributed by atoms with Gasteiger partial charge in [-0.1, -0.05) is 12.1 Å². The van der Waals surface area contributed by atoms with E-state index in [4.69, 9.17) is 0 Å². The number of rotatable bonds is 3. The molecule has 0 aromatic heterocycles. The summed E-state index contributed by atoms with van der Waals surface area (Å²) in [5, 5.41) is 12.1. The molecule has 98 valence electrons. The molecule has 2 rings (SSSR count). The number of nitrogens with one attached hydrogen (secondary N) is 1. The number of amides is 1. The largest absolute Gasteiger partial charge is 0.507 e. The number of aromatic hydroxyl groups is 1. The van der Waals surface area contributed by atoms with Crippen LogP contribution in [-0.4, -0.2) is 17.3 Å². The standard InChI is InChI=1S/C14H12FNO2S/c1-19-10-5-2-4-9(8-10)16-14(18)13-11(15)6-3-7-12(13)17/h2-8,17H,1H3,(H,16,18). The third-order valence-electron chi connectivity index (χ3n) is 2.55. The van der Waals surface area contributed by atoms with Crippen molar-refractivity contribution in [3.8, 4) is 5.75 Å². The molecule has 0 radical (unpaired) electrons. The van der Waals surface area contributed by atoms with Gasteiger partial charge in [-0.25, -0.2) is 4.39 Å². The Kier molecular flexibility index (Phi) is 4.06. The molecule has 2 aromatic carbocycles. The van der Waals surface area contributed by atoms with Gasteiger partial charge in [-0.2, -0.15) is 0 Å². The first-order valence-electron chi connectivity index (χ1n) is 5.54. The number of thioether (sulfide) groups is 1. The first-order valence-corrected chi connectivity index (χ1v) is 6.77. The summed E-state index contributed by atoms with van der Waals surface area (Å²) < 4.78 is 13.5. The van der Waals surface area contributed by atoms with Gasteiger partial charge in [-0.3, -0.25) is 4.79 Å². The van der Waals surface area contributed by atoms with Crippen molar-refractivity contribution in [2.24, 2.45) is 0 Å². The fourth-order valence-corrected chi connectivity index (χ4v) is 2.09. The molecular formula is C14H12FNO2S. The molecule has 0 aliphatic rings. The predicted octanol–water partition coefficient (Wildman–Crippen LogP) is 3.51. The second kappa shape index (κ2) is 5.75. The van der Waals surface area contributed by atoms with Gasteiger partial charge in [-0.15, -0.1) is 11.8 Å². The number of phenols is 1. The van der Waals surface area contributed by atoms with Crippen molar-refractivity contribution < 1.29 is 14.3 Å². The number of carbonyl (C=O) groups excluding carboxylic acids is 1. The van der Waals surface area contributed by atoms with Gasteiger partial charge in [0.25, 0.3) is 5.91 Å². The predicted molar refractivity (Wildman–Crippen MR) is 74.2 cm³/mol. The molecule has 1 amide bonds. The van der Waals surface area contributed by atoms with Crippen LogP contribution in [-0.2, 0) is 0 Å². The third kappa shape index (κ3) is 3.06. The Bertz CT molecular complexity index is 596. The Hall–Kier alpha value is -2.01. The Morgan fingerprint density at radius 2 is 2.00 bits per heavy atom. The normalized spacial score (nSPS) is 10.2. The number of halogens is 1. The molecule has 2 N–H and O–H groups in total. The zero-order chi connectivity index (χ0) is 13.8. The van der Waals surface area contributed by atoms with Gasteiger partial charge in [0, 0.05) is 10.6 Å². The van der Waals surface area contributed by atoms with Crippen LogP contribution in [0.2, 0.25) is 0 Å². The van der Waals surface area contributed by atoms with Gasteiger partial charge in [0.15, 0.2) is 0 Å². The maximum Gasteiger partial charge on any atom is 0.262 e. The second-order valence-corrected chi connectivity index (χ2v) is 4.70. The summed E-state index contributed by atoms with van der Waals surface area (Å²) in [6, 6.07) is 10.9. The summed E-state index contributed by atoms with van der Waals surface area (Å²) in [5.41, 5.74) is 0.205. The smallest absolute Gasteiger partial charge is 0.262 e. The van der Waals surface area contributed by atoms with Crippen LogP contribution in [0.5, 0.6) is 5.75 Å². The van der Waals surface area contributed by atoms with Crippen molar-refractivity contribution in [2.75, 3.05) is 11.6 Å². The molecule has 2 aromatic rings. The van der Waals surface area contributed by atoms with E-state index in [2.05, 4.69) is 5.32 Å². The minimum atomic E-state index is -0.751. The summed E-state index contributed by atoms with van der Waals surface area (Å²) in [4.78, 5) is 12.9. The van der Waals surface area contributed by atoms with Crippen LogP contribution >= 0.6 is 11.8 Å². The van der Waals surface area contributed by atoms with Crippen LogP contribution in [0.3, 0.4) is 0 Å². The SMILES string of the molecule is CSc1cccc(NC(=O)c2c(O)cccc2F)c1. The Labute approximate surface area is 114 Å². The molecule has 0 heterocycles. The molecule has 0 aliphatic carbocycles. The van der Waals surface area contributed by atoms with Crippen LogP contribution in [0.15, 0.2) is 47.4 Å². The van der Waals surface area contributed by atoms with Crippen molar-refractivity contribution >= 4 is 23.4 Å². The van der Waals surface area contributed by atoms with E-state index in [1.807, 2.05) is 12.3 Å². The molecule has 0 aliphatic heterocycles. The highest BCUT2D eigenvalue weighted by Gasteiger charge is 2.16. The van der Waals surface area contributed by atoms with Gasteiger partial charge in [0.1, 0.15) is 17.1 Å². The average molecular weight is 277 g/mol. The Morgan fingerprint density at radius 1 is 1.26 bits per heavy atom. The molecule has 0 spiro atoms. The number of hydrogen-bond acceptors (Lipinski definition) is 3. The molecule has 0 fully saturated rings. The van der Waals surface area contributed by atoms with Gasteiger partial charge < -0.3 is 10.4 Å². The van der Waals surface area contributed by atoms with E-state index in [0.29, 0.717) is 5.69 Å². The highest BCUT2D eigenvalue weighted by Crippen LogP contribution is 2.23. The maximum absolute atomic E-state index is 13.5. The average Bonchev–Trinajstić information content (AvgIpc) is 2.38. The molecular weight excluding hydrogens is 265 g/mol. The van der Waals surface area contributed by atoms with Gasteiger partial charge in [0.2, 0.25) is 0 Å². The van der Waals surface area contributed by atoms with Crippen LogP contribution in [0.1, 0.15) is 10.4 Å². The number of benzene rings is 2. The van der Waals surface area contributed by atoms with Crippen LogP contribution in [0.25, 0.3) is 0 Å². The van der Waals surface area contributed by atoms with Crippen LogP contribution in [0, 0.1) is 5.82 Å². The second-order valence-electron chi connectivity index (χ2n) is 3.82. The Balaban J connectivity index is 2.26. The number of phenolic OH excluding ortho intramolecular Hbond substituents is 1. The maximum atomic E-state index is 13.5. The van der Waals surface area contributed by atoms with Crippen LogP contribution in [0.4, 0.5) is 10.1 Å². The van der Waals surface area contributed by atoms with Gasteiger partial charge >= 0.3 is 0 Å². The van der Waals surface area contributed by atoms with Crippen LogP contribution < -0.4 is 5.32 Å². The van der Waals surface area contributed by atoms with E-state index >= 15 is 0 Å². The summed E-state index contributed by atoms with van der Waals surface area (Å²) in [6.07, 6.45) is 1.92. The fraction of sp³-hybridized carbons (Fsp3) is 0.0714. The molecule has 3 nitrogen and oxygen atoms in total. The summed E-state index contributed by atoms with van der Waals surface area (Å²) in [5.74, 6) is -1.80. The minimum Gasteiger partial charge on any atom is -0.507 e. The molecule has 19 heavy (non-hydrogen) atoms. The minimum absolute atomic E-state index is 0.350. The molecule has 0 unspecified atom stereocenters. The quantitative estimate of drug-likeness (QED) is 0.844. The van der Waals surface area contributed by atoms with Crippen molar-refractivity contribution in [3.63, 3.8) is 0 Å². The zero-order valence-corrected chi connectivity index (χ0v) is 11.0. The lowest BCUT2D eigenvalue weighted by Crippen LogP contribution is -2.14. The lowest BCUT2D eigenvalue weighted by atomic mass is 10.1. The van der Waals surface area contributed by atoms with Crippen molar-refractivity contribution in [3.05, 3.63) is 53.8 Å². The third-order valence-corrected chi connectivity index (χ3v) is 3.27. The van der Waals surface area contributed by atoms with E-state index in [1.165, 1.54) is 23.9 Å². The van der Waals surface area contributed by atoms with E-state index in [0.717, 1.165) is 11.0 Å². The lowest BCUT2D eigenvalue weighted by Gasteiger charge is -2.08. The fourth-order valence-electron chi connectivity index (χ4n) is 1.63. The van der Waals surface area contributed by atoms with E-state index in [1.54, 1.807) is 18.2 Å². The summed E-state index contributed by atoms with van der Waals surface area (Å²) >= 11 is 1.54. The first kappa shape index (κ1) is 13.4. The Morgan fingerprint density at radius 3 is 2.68 bits per heavy atom. The number of anilines is 1. The molecule has 0 atom stereocenters. The lowest BCUT2D eigenvalue weighted by molar-refractivity contribution is 0.102. The first-order chi connectivity index (χ1) is 9.11. The summed E-state index contributed by atoms with van der Waals surface area (Å²) in [6.45, 7) is 0. The highest BCUT2D eigenvalue weighted by molar-refractivity contribution is 7.98. The van der Waals surface area contributed by atoms with E-state index < -0.39 is 11.7 Å². The van der Waals surface area contributed by atoms with Crippen molar-refractivity contribution in [1.82, 2.24) is 0 Å². The highest BCUT2D eigenvalue weighted by atomic mass is 32.2. The van der Waals surface area contributed by atoms with Gasteiger partial charge in [-0.05, 0) is 36.6 Å². The monoisotopic (exact) mass is 277 g/mol. The molecule has 0 saturated heterocycles. The van der Waals surface area contributed by atoms with Crippen molar-refractivity contribution in [1.29, 1.82) is 0 Å². The molecule has 0 saturated carbocycles. The topological polar surface area (TPSA) is 49.3 Å². The van der Waals surface area contributed by atoms with E-state index in [-0.39, 0.29) is 11.3 Å². The zero-order valence-electron chi connectivity index (χ0n) is 10.2. The van der Waals surface area contributed by atoms with Gasteiger partial charge in [0.05, 0.1) is 0 Å².